The van der Waals surface area contributed by atoms with Gasteiger partial charge >= 0.3 is 5.97 Å². The van der Waals surface area contributed by atoms with E-state index in [4.69, 9.17) is 4.74 Å². The summed E-state index contributed by atoms with van der Waals surface area (Å²) in [6.45, 7) is 6.46. The molecule has 3 rings (SSSR count). The molecule has 0 saturated carbocycles. The maximum Gasteiger partial charge on any atom is 0.339 e. The van der Waals surface area contributed by atoms with Gasteiger partial charge in [-0.25, -0.2) is 4.79 Å². The summed E-state index contributed by atoms with van der Waals surface area (Å²) in [5.41, 5.74) is 0.612. The number of hydrogen-bond acceptors (Lipinski definition) is 6. The van der Waals surface area contributed by atoms with Crippen LogP contribution in [0.4, 0.5) is 11.4 Å². The highest BCUT2D eigenvalue weighted by Gasteiger charge is 2.37. The van der Waals surface area contributed by atoms with Gasteiger partial charge in [0.05, 0.1) is 10.6 Å². The molecule has 0 amide bonds. The molecule has 0 aliphatic carbocycles. The maximum atomic E-state index is 11.4. The molecular weight excluding hydrogens is 478 g/mol. The van der Waals surface area contributed by atoms with Crippen LogP contribution in [0, 0.1) is 5.41 Å². The molecule has 0 aromatic heterocycles. The van der Waals surface area contributed by atoms with E-state index in [1.54, 1.807) is 11.8 Å². The molecule has 2 aromatic carbocycles. The Hall–Kier alpha value is -1.83. The van der Waals surface area contributed by atoms with Gasteiger partial charge in [0.15, 0.2) is 5.60 Å². The lowest BCUT2D eigenvalue weighted by Gasteiger charge is -2.37. The van der Waals surface area contributed by atoms with E-state index in [-0.39, 0.29) is 12.0 Å². The standard InChI is InChI=1S/C28H39NO4S2/c1-5-7-14-28(15-8-6-2)18-29(21-12-10-9-11-13-21)22-16-25(34-4)23(17-24(22)35-20-28)33-19-27(3,32)26(30)31/h9-13,16-17,32H,5-8,14-15,18-20H2,1-4H3,(H,30,31)/t27-/m0/s1. The second-order valence-electron chi connectivity index (χ2n) is 9.76. The quantitative estimate of drug-likeness (QED) is 0.288. The molecule has 7 heteroatoms. The summed E-state index contributed by atoms with van der Waals surface area (Å²) in [7, 11) is 0. The maximum absolute atomic E-state index is 11.4. The normalized spacial score (nSPS) is 16.8. The predicted molar refractivity (Wildman–Crippen MR) is 148 cm³/mol. The average molecular weight is 518 g/mol. The number of carboxylic acids is 1. The Morgan fingerprint density at radius 3 is 2.40 bits per heavy atom. The molecule has 0 saturated heterocycles. The molecule has 0 radical (unpaired) electrons. The Morgan fingerprint density at radius 2 is 1.83 bits per heavy atom. The van der Waals surface area contributed by atoms with Crippen molar-refractivity contribution in [3.05, 3.63) is 42.5 Å². The first-order valence-electron chi connectivity index (χ1n) is 12.5. The molecule has 0 unspecified atom stereocenters. The van der Waals surface area contributed by atoms with Crippen LogP contribution in [0.3, 0.4) is 0 Å². The van der Waals surface area contributed by atoms with Crippen molar-refractivity contribution in [2.24, 2.45) is 5.41 Å². The first kappa shape index (κ1) is 27.8. The number of carboxylic acid groups (broad SMARTS) is 1. The fourth-order valence-corrected chi connectivity index (χ4v) is 6.37. The summed E-state index contributed by atoms with van der Waals surface area (Å²) in [6.07, 6.45) is 9.22. The van der Waals surface area contributed by atoms with E-state index in [0.717, 1.165) is 27.8 Å². The number of anilines is 2. The van der Waals surface area contributed by atoms with Crippen LogP contribution in [0.15, 0.2) is 52.3 Å². The molecular formula is C28H39NO4S2. The molecule has 1 aliphatic rings. The number of benzene rings is 2. The molecule has 5 nitrogen and oxygen atoms in total. The van der Waals surface area contributed by atoms with E-state index >= 15 is 0 Å². The number of unbranched alkanes of at least 4 members (excludes halogenated alkanes) is 2. The summed E-state index contributed by atoms with van der Waals surface area (Å²) in [5, 5.41) is 19.5. The minimum Gasteiger partial charge on any atom is -0.489 e. The number of fused-ring (bicyclic) bond motifs is 1. The molecule has 2 aromatic rings. The molecule has 192 valence electrons. The van der Waals surface area contributed by atoms with Crippen molar-refractivity contribution in [2.75, 3.05) is 30.1 Å². The number of thioether (sulfide) groups is 2. The Kier molecular flexibility index (Phi) is 9.85. The summed E-state index contributed by atoms with van der Waals surface area (Å²) in [6, 6.07) is 14.8. The molecule has 1 aliphatic heterocycles. The third-order valence-electron chi connectivity index (χ3n) is 6.72. The molecule has 35 heavy (non-hydrogen) atoms. The van der Waals surface area contributed by atoms with Crippen LogP contribution >= 0.6 is 23.5 Å². The number of nitrogens with zero attached hydrogens (tertiary/aromatic N) is 1. The zero-order valence-electron chi connectivity index (χ0n) is 21.4. The van der Waals surface area contributed by atoms with Crippen molar-refractivity contribution >= 4 is 40.9 Å². The Labute approximate surface area is 218 Å². The van der Waals surface area contributed by atoms with Gasteiger partial charge in [-0.15, -0.1) is 23.5 Å². The van der Waals surface area contributed by atoms with E-state index in [9.17, 15) is 15.0 Å². The van der Waals surface area contributed by atoms with Gasteiger partial charge in [-0.3, -0.25) is 0 Å². The van der Waals surface area contributed by atoms with Crippen LogP contribution in [-0.2, 0) is 4.79 Å². The molecule has 0 bridgehead atoms. The number of rotatable bonds is 12. The Morgan fingerprint density at radius 1 is 1.17 bits per heavy atom. The number of ether oxygens (including phenoxy) is 1. The third-order valence-corrected chi connectivity index (χ3v) is 8.88. The van der Waals surface area contributed by atoms with Gasteiger partial charge in [0.25, 0.3) is 0 Å². The predicted octanol–water partition coefficient (Wildman–Crippen LogP) is 7.23. The fraction of sp³-hybridized carbons (Fsp3) is 0.536. The third kappa shape index (κ3) is 6.89. The topological polar surface area (TPSA) is 70.0 Å². The van der Waals surface area contributed by atoms with Crippen LogP contribution in [-0.4, -0.2) is 46.9 Å². The van der Waals surface area contributed by atoms with Gasteiger partial charge in [-0.2, -0.15) is 0 Å². The van der Waals surface area contributed by atoms with Crippen molar-refractivity contribution in [3.8, 4) is 5.75 Å². The van der Waals surface area contributed by atoms with Gasteiger partial charge in [0, 0.05) is 22.9 Å². The second kappa shape index (κ2) is 12.4. The van der Waals surface area contributed by atoms with E-state index in [0.29, 0.717) is 5.75 Å². The first-order chi connectivity index (χ1) is 16.7. The lowest BCUT2D eigenvalue weighted by atomic mass is 9.79. The summed E-state index contributed by atoms with van der Waals surface area (Å²) in [5.74, 6) is 0.362. The van der Waals surface area contributed by atoms with Gasteiger partial charge in [-0.1, -0.05) is 57.7 Å². The Bertz CT molecular complexity index is 972. The van der Waals surface area contributed by atoms with Crippen molar-refractivity contribution in [3.63, 3.8) is 0 Å². The lowest BCUT2D eigenvalue weighted by molar-refractivity contribution is -0.159. The zero-order chi connectivity index (χ0) is 25.5. The number of aliphatic carboxylic acids is 1. The largest absolute Gasteiger partial charge is 0.489 e. The number of carbonyl (C=O) groups is 1. The molecule has 1 heterocycles. The summed E-state index contributed by atoms with van der Waals surface area (Å²) >= 11 is 3.45. The van der Waals surface area contributed by atoms with Gasteiger partial charge < -0.3 is 19.8 Å². The van der Waals surface area contributed by atoms with E-state index < -0.39 is 11.6 Å². The minimum absolute atomic E-state index is 0.207. The van der Waals surface area contributed by atoms with Crippen LogP contribution in [0.5, 0.6) is 5.75 Å². The van der Waals surface area contributed by atoms with Crippen molar-refractivity contribution < 1.29 is 19.7 Å². The average Bonchev–Trinajstić information content (AvgIpc) is 3.02. The first-order valence-corrected chi connectivity index (χ1v) is 14.7. The SMILES string of the molecule is CCCCC1(CCCC)CSc2cc(OC[C@](C)(O)C(=O)O)c(SC)cc2N(c2ccccc2)C1. The lowest BCUT2D eigenvalue weighted by Crippen LogP contribution is -2.41. The molecule has 1 atom stereocenters. The highest BCUT2D eigenvalue weighted by Crippen LogP contribution is 2.50. The number of aliphatic hydroxyl groups is 1. The van der Waals surface area contributed by atoms with Gasteiger partial charge in [-0.05, 0) is 55.7 Å². The summed E-state index contributed by atoms with van der Waals surface area (Å²) in [4.78, 5) is 15.9. The van der Waals surface area contributed by atoms with Crippen LogP contribution in [0.1, 0.15) is 59.3 Å². The molecule has 2 N–H and O–H groups in total. The molecule has 0 spiro atoms. The zero-order valence-corrected chi connectivity index (χ0v) is 23.0. The number of hydrogen-bond donors (Lipinski definition) is 2. The van der Waals surface area contributed by atoms with E-state index in [1.807, 2.05) is 24.1 Å². The van der Waals surface area contributed by atoms with Crippen molar-refractivity contribution in [1.82, 2.24) is 0 Å². The van der Waals surface area contributed by atoms with E-state index in [1.165, 1.54) is 51.1 Å². The smallest absolute Gasteiger partial charge is 0.339 e. The molecule has 0 fully saturated rings. The van der Waals surface area contributed by atoms with Gasteiger partial charge in [0.2, 0.25) is 0 Å². The van der Waals surface area contributed by atoms with Crippen LogP contribution in [0.25, 0.3) is 0 Å². The second-order valence-corrected chi connectivity index (χ2v) is 11.6. The van der Waals surface area contributed by atoms with Crippen LogP contribution < -0.4 is 9.64 Å². The van der Waals surface area contributed by atoms with Gasteiger partial charge in [0.1, 0.15) is 12.4 Å². The Balaban J connectivity index is 2.05. The summed E-state index contributed by atoms with van der Waals surface area (Å²) < 4.78 is 5.90. The highest BCUT2D eigenvalue weighted by molar-refractivity contribution is 7.99. The van der Waals surface area contributed by atoms with Crippen LogP contribution in [0.2, 0.25) is 0 Å². The van der Waals surface area contributed by atoms with E-state index in [2.05, 4.69) is 55.1 Å². The van der Waals surface area contributed by atoms with Crippen molar-refractivity contribution in [2.45, 2.75) is 74.7 Å². The minimum atomic E-state index is -1.94. The van der Waals surface area contributed by atoms with Crippen molar-refractivity contribution in [1.29, 1.82) is 0 Å². The highest BCUT2D eigenvalue weighted by atomic mass is 32.2. The monoisotopic (exact) mass is 517 g/mol. The fourth-order valence-electron chi connectivity index (χ4n) is 4.48. The number of para-hydroxylation sites is 1.